The summed E-state index contributed by atoms with van der Waals surface area (Å²) in [5, 5.41) is 10.0. The molecule has 0 radical (unpaired) electrons. The molecular formula is C25H26N4O3S. The highest BCUT2D eigenvalue weighted by molar-refractivity contribution is 7.08. The van der Waals surface area contributed by atoms with Crippen molar-refractivity contribution in [2.75, 3.05) is 32.6 Å². The Morgan fingerprint density at radius 2 is 1.85 bits per heavy atom. The van der Waals surface area contributed by atoms with E-state index in [4.69, 9.17) is 15.6 Å². The van der Waals surface area contributed by atoms with Crippen molar-refractivity contribution in [1.29, 1.82) is 0 Å². The van der Waals surface area contributed by atoms with E-state index in [0.717, 1.165) is 46.3 Å². The standard InChI is InChI=1S/C25H26N4O3S/c1-30-22-4-3-16(17-7-10-33-14-17)11-21(22)29-25-19-12-24(32-18-5-8-26-9-6-18)23(31-2)13-20(19)27-15-28-25/h3-4,7,10-15,18,26H,5-6,8-9H2,1-2H3,(H,27,28,29)/i/hD. The van der Waals surface area contributed by atoms with Gasteiger partial charge in [-0.2, -0.15) is 11.3 Å². The monoisotopic (exact) mass is 463 g/mol. The molecule has 0 saturated carbocycles. The number of nitrogens with one attached hydrogen (secondary N) is 2. The van der Waals surface area contributed by atoms with Crippen LogP contribution in [0.2, 0.25) is 1.41 Å². The van der Waals surface area contributed by atoms with Gasteiger partial charge in [-0.05, 0) is 72.1 Å². The van der Waals surface area contributed by atoms with Crippen molar-refractivity contribution in [2.24, 2.45) is 0 Å². The highest BCUT2D eigenvalue weighted by atomic mass is 32.1. The molecule has 8 heteroatoms. The number of thiophene rings is 1. The number of piperidine rings is 1. The predicted molar refractivity (Wildman–Crippen MR) is 132 cm³/mol. The van der Waals surface area contributed by atoms with Crippen molar-refractivity contribution in [2.45, 2.75) is 18.9 Å². The molecular weight excluding hydrogens is 436 g/mol. The van der Waals surface area contributed by atoms with Crippen molar-refractivity contribution >= 4 is 33.7 Å². The molecule has 3 heterocycles. The fraction of sp³-hybridized carbons (Fsp3) is 0.280. The largest absolute Gasteiger partial charge is 0.495 e. The molecule has 1 aliphatic heterocycles. The SMILES string of the molecule is [2H]N1CCC(Oc2cc3c(Nc4cc(-c5ccsc5)ccc4OC)ncnc3cc2OC)CC1. The van der Waals surface area contributed by atoms with Crippen LogP contribution in [0.25, 0.3) is 22.0 Å². The van der Waals surface area contributed by atoms with Crippen molar-refractivity contribution in [3.05, 3.63) is 53.5 Å². The molecule has 4 aromatic rings. The second-order valence-electron chi connectivity index (χ2n) is 7.78. The minimum Gasteiger partial charge on any atom is -0.495 e. The first-order valence-electron chi connectivity index (χ1n) is 11.3. The zero-order valence-electron chi connectivity index (χ0n) is 19.6. The van der Waals surface area contributed by atoms with Gasteiger partial charge in [0.15, 0.2) is 11.5 Å². The number of fused-ring (bicyclic) bond motifs is 1. The average molecular weight is 464 g/mol. The lowest BCUT2D eigenvalue weighted by molar-refractivity contribution is 0.157. The molecule has 0 atom stereocenters. The number of hydrogen-bond donors (Lipinski definition) is 2. The van der Waals surface area contributed by atoms with Crippen LogP contribution >= 0.6 is 11.3 Å². The van der Waals surface area contributed by atoms with Gasteiger partial charge in [-0.3, -0.25) is 0 Å². The molecule has 1 aliphatic rings. The molecule has 0 unspecified atom stereocenters. The van der Waals surface area contributed by atoms with E-state index in [0.29, 0.717) is 30.4 Å². The van der Waals surface area contributed by atoms with Gasteiger partial charge < -0.3 is 24.8 Å². The Kier molecular flexibility index (Phi) is 5.92. The maximum Gasteiger partial charge on any atom is 0.162 e. The third kappa shape index (κ3) is 4.58. The molecule has 33 heavy (non-hydrogen) atoms. The third-order valence-electron chi connectivity index (χ3n) is 5.74. The van der Waals surface area contributed by atoms with Gasteiger partial charge in [0.05, 0.1) is 25.4 Å². The van der Waals surface area contributed by atoms with E-state index in [1.165, 1.54) is 6.33 Å². The Labute approximate surface area is 198 Å². The molecule has 5 rings (SSSR count). The van der Waals surface area contributed by atoms with Crippen LogP contribution < -0.4 is 24.8 Å². The van der Waals surface area contributed by atoms with Crippen molar-refractivity contribution < 1.29 is 15.6 Å². The highest BCUT2D eigenvalue weighted by Gasteiger charge is 2.19. The van der Waals surface area contributed by atoms with Gasteiger partial charge in [0.2, 0.25) is 0 Å². The number of rotatable bonds is 7. The molecule has 2 N–H and O–H groups in total. The predicted octanol–water partition coefficient (Wildman–Crippen LogP) is 5.25. The normalized spacial score (nSPS) is 15.3. The number of benzene rings is 2. The van der Waals surface area contributed by atoms with Crippen molar-refractivity contribution in [3.63, 3.8) is 0 Å². The molecule has 2 aromatic heterocycles. The zero-order valence-corrected chi connectivity index (χ0v) is 19.4. The Balaban J connectivity index is 1.51. The molecule has 170 valence electrons. The quantitative estimate of drug-likeness (QED) is 0.388. The average Bonchev–Trinajstić information content (AvgIpc) is 3.40. The van der Waals surface area contributed by atoms with Crippen LogP contribution in [0, 0.1) is 0 Å². The minimum atomic E-state index is 0.0383. The summed E-state index contributed by atoms with van der Waals surface area (Å²) in [6.45, 7) is 1.38. The van der Waals surface area contributed by atoms with E-state index in [9.17, 15) is 0 Å². The molecule has 7 nitrogen and oxygen atoms in total. The fourth-order valence-electron chi connectivity index (χ4n) is 3.98. The van der Waals surface area contributed by atoms with Crippen LogP contribution in [-0.4, -0.2) is 43.4 Å². The van der Waals surface area contributed by atoms with E-state index in [1.807, 2.05) is 24.3 Å². The van der Waals surface area contributed by atoms with Crippen LogP contribution in [-0.2, 0) is 0 Å². The molecule has 1 fully saturated rings. The van der Waals surface area contributed by atoms with E-state index in [2.05, 4.69) is 38.2 Å². The lowest BCUT2D eigenvalue weighted by atomic mass is 10.1. The highest BCUT2D eigenvalue weighted by Crippen LogP contribution is 2.38. The fourth-order valence-corrected chi connectivity index (χ4v) is 4.65. The smallest absolute Gasteiger partial charge is 0.162 e. The maximum absolute atomic E-state index is 7.78. The maximum atomic E-state index is 7.78. The Bertz CT molecular complexity index is 1280. The van der Waals surface area contributed by atoms with Crippen LogP contribution in [0.3, 0.4) is 0 Å². The molecule has 0 aliphatic carbocycles. The van der Waals surface area contributed by atoms with Crippen LogP contribution in [0.5, 0.6) is 17.2 Å². The van der Waals surface area contributed by atoms with Crippen LogP contribution in [0.15, 0.2) is 53.5 Å². The molecule has 1 saturated heterocycles. The zero-order chi connectivity index (χ0) is 23.5. The number of ether oxygens (including phenoxy) is 3. The molecule has 0 bridgehead atoms. The number of hydrogen-bond acceptors (Lipinski definition) is 8. The number of aromatic nitrogens is 2. The van der Waals surface area contributed by atoms with Crippen LogP contribution in [0.4, 0.5) is 11.5 Å². The van der Waals surface area contributed by atoms with Crippen molar-refractivity contribution in [3.8, 4) is 28.4 Å². The molecule has 2 aromatic carbocycles. The van der Waals surface area contributed by atoms with E-state index in [1.54, 1.807) is 30.9 Å². The first-order chi connectivity index (χ1) is 16.6. The number of anilines is 2. The van der Waals surface area contributed by atoms with Gasteiger partial charge in [-0.15, -0.1) is 0 Å². The lowest BCUT2D eigenvalue weighted by Gasteiger charge is -2.25. The summed E-state index contributed by atoms with van der Waals surface area (Å²) in [7, 11) is 3.28. The van der Waals surface area contributed by atoms with Crippen LogP contribution in [0.1, 0.15) is 12.8 Å². The first-order valence-corrected chi connectivity index (χ1v) is 11.8. The summed E-state index contributed by atoms with van der Waals surface area (Å²) in [6.07, 6.45) is 3.17. The second kappa shape index (κ2) is 9.64. The number of nitrogens with zero attached hydrogens (tertiary/aromatic N) is 2. The van der Waals surface area contributed by atoms with E-state index < -0.39 is 0 Å². The molecule has 0 amide bonds. The topological polar surface area (TPSA) is 77.5 Å². The van der Waals surface area contributed by atoms with Crippen molar-refractivity contribution in [1.82, 2.24) is 15.3 Å². The summed E-state index contributed by atoms with van der Waals surface area (Å²) < 4.78 is 25.3. The summed E-state index contributed by atoms with van der Waals surface area (Å²) in [5.74, 6) is 2.65. The Morgan fingerprint density at radius 1 is 1.00 bits per heavy atom. The van der Waals surface area contributed by atoms with Gasteiger partial charge in [-0.1, -0.05) is 6.07 Å². The summed E-state index contributed by atoms with van der Waals surface area (Å²) in [6, 6.07) is 12.0. The summed E-state index contributed by atoms with van der Waals surface area (Å²) >= 11 is 1.66. The van der Waals surface area contributed by atoms with Gasteiger partial charge in [0.1, 0.15) is 25.4 Å². The van der Waals surface area contributed by atoms with E-state index in [-0.39, 0.29) is 6.10 Å². The van der Waals surface area contributed by atoms with Gasteiger partial charge in [0.25, 0.3) is 0 Å². The second-order valence-corrected chi connectivity index (χ2v) is 8.56. The third-order valence-corrected chi connectivity index (χ3v) is 6.42. The lowest BCUT2D eigenvalue weighted by Crippen LogP contribution is -2.34. The Hall–Kier alpha value is -3.36. The van der Waals surface area contributed by atoms with Gasteiger partial charge in [0, 0.05) is 11.5 Å². The Morgan fingerprint density at radius 3 is 2.61 bits per heavy atom. The summed E-state index contributed by atoms with van der Waals surface area (Å²) in [5.41, 5.74) is 3.81. The van der Waals surface area contributed by atoms with Gasteiger partial charge >= 0.3 is 0 Å². The van der Waals surface area contributed by atoms with Gasteiger partial charge in [-0.25, -0.2) is 9.97 Å². The first kappa shape index (κ1) is 20.3. The summed E-state index contributed by atoms with van der Waals surface area (Å²) in [4.78, 5) is 8.96. The molecule has 0 spiro atoms. The minimum absolute atomic E-state index is 0.0383. The number of methoxy groups -OCH3 is 2. The van der Waals surface area contributed by atoms with E-state index >= 15 is 0 Å².